The zero-order valence-corrected chi connectivity index (χ0v) is 21.8. The molecule has 0 aliphatic carbocycles. The number of likely N-dealkylation sites (tertiary alicyclic amines) is 1. The molecule has 2 aromatic carbocycles. The maximum atomic E-state index is 6.11. The summed E-state index contributed by atoms with van der Waals surface area (Å²) in [4.78, 5) is 9.36. The molecule has 2 fully saturated rings. The summed E-state index contributed by atoms with van der Waals surface area (Å²) in [6.45, 7) is 6.30. The van der Waals surface area contributed by atoms with Crippen LogP contribution in [0.2, 0.25) is 0 Å². The van der Waals surface area contributed by atoms with Crippen LogP contribution in [0.15, 0.2) is 59.6 Å². The van der Waals surface area contributed by atoms with Crippen molar-refractivity contribution >= 4 is 29.9 Å². The highest BCUT2D eigenvalue weighted by Crippen LogP contribution is 2.24. The van der Waals surface area contributed by atoms with E-state index in [1.165, 1.54) is 5.56 Å². The first-order chi connectivity index (χ1) is 15.8. The molecule has 4 rings (SSSR count). The number of guanidine groups is 1. The second-order valence-corrected chi connectivity index (χ2v) is 8.18. The van der Waals surface area contributed by atoms with Crippen LogP contribution >= 0.6 is 24.0 Å². The molecule has 1 N–H and O–H groups in total. The molecule has 7 nitrogen and oxygen atoms in total. The molecule has 2 heterocycles. The van der Waals surface area contributed by atoms with Crippen molar-refractivity contribution in [2.75, 3.05) is 53.6 Å². The minimum Gasteiger partial charge on any atom is -0.496 e. The van der Waals surface area contributed by atoms with E-state index in [-0.39, 0.29) is 30.1 Å². The molecule has 2 aromatic rings. The fourth-order valence-electron chi connectivity index (χ4n) is 4.52. The fraction of sp³-hybridized carbons (Fsp3) is 0.480. The third kappa shape index (κ3) is 6.81. The average Bonchev–Trinajstić information content (AvgIpc) is 3.27. The highest BCUT2D eigenvalue weighted by atomic mass is 127. The molecule has 8 heteroatoms. The van der Waals surface area contributed by atoms with Gasteiger partial charge in [-0.05, 0) is 11.6 Å². The number of morpholine rings is 1. The number of ether oxygens (including phenoxy) is 3. The third-order valence-electron chi connectivity index (χ3n) is 6.14. The van der Waals surface area contributed by atoms with Crippen molar-refractivity contribution in [3.63, 3.8) is 0 Å². The molecule has 0 amide bonds. The molecule has 33 heavy (non-hydrogen) atoms. The Morgan fingerprint density at radius 1 is 1.12 bits per heavy atom. The van der Waals surface area contributed by atoms with Gasteiger partial charge >= 0.3 is 0 Å². The van der Waals surface area contributed by atoms with Gasteiger partial charge in [0.1, 0.15) is 5.75 Å². The summed E-state index contributed by atoms with van der Waals surface area (Å²) >= 11 is 0. The SMILES string of the molecule is CN=C(NCCOCc1ccccc1OC)N1CC2OCCN(Cc3ccccc3)C2C1.I. The Morgan fingerprint density at radius 3 is 2.70 bits per heavy atom. The van der Waals surface area contributed by atoms with Crippen molar-refractivity contribution < 1.29 is 14.2 Å². The summed E-state index contributed by atoms with van der Waals surface area (Å²) in [5.74, 6) is 1.76. The smallest absolute Gasteiger partial charge is 0.193 e. The molecule has 2 aliphatic rings. The predicted octanol–water partition coefficient (Wildman–Crippen LogP) is 2.99. The summed E-state index contributed by atoms with van der Waals surface area (Å²) in [7, 11) is 3.52. The summed E-state index contributed by atoms with van der Waals surface area (Å²) < 4.78 is 17.3. The number of rotatable bonds is 8. The van der Waals surface area contributed by atoms with Gasteiger partial charge in [-0.3, -0.25) is 9.89 Å². The second-order valence-electron chi connectivity index (χ2n) is 8.18. The Bertz CT molecular complexity index is 883. The topological polar surface area (TPSA) is 58.6 Å². The number of fused-ring (bicyclic) bond motifs is 1. The van der Waals surface area contributed by atoms with Crippen LogP contribution in [0.3, 0.4) is 0 Å². The Labute approximate surface area is 214 Å². The summed E-state index contributed by atoms with van der Waals surface area (Å²) in [5, 5.41) is 3.45. The van der Waals surface area contributed by atoms with Gasteiger partial charge in [0.15, 0.2) is 5.96 Å². The van der Waals surface area contributed by atoms with Crippen LogP contribution in [0.25, 0.3) is 0 Å². The zero-order chi connectivity index (χ0) is 22.2. The van der Waals surface area contributed by atoms with E-state index < -0.39 is 0 Å². The number of para-hydroxylation sites is 1. The largest absolute Gasteiger partial charge is 0.496 e. The number of nitrogens with one attached hydrogen (secondary N) is 1. The maximum Gasteiger partial charge on any atom is 0.193 e. The molecule has 2 atom stereocenters. The van der Waals surface area contributed by atoms with Gasteiger partial charge < -0.3 is 24.4 Å². The normalized spacial score (nSPS) is 20.8. The first kappa shape index (κ1) is 25.7. The number of aliphatic imine (C=N–C) groups is 1. The number of halogens is 1. The lowest BCUT2D eigenvalue weighted by Crippen LogP contribution is -2.50. The first-order valence-electron chi connectivity index (χ1n) is 11.3. The molecule has 2 unspecified atom stereocenters. The van der Waals surface area contributed by atoms with Gasteiger partial charge in [-0.1, -0.05) is 48.5 Å². The highest BCUT2D eigenvalue weighted by molar-refractivity contribution is 14.0. The molecule has 0 bridgehead atoms. The van der Waals surface area contributed by atoms with Gasteiger partial charge in [0, 0.05) is 45.3 Å². The average molecular weight is 566 g/mol. The maximum absolute atomic E-state index is 6.11. The van der Waals surface area contributed by atoms with Crippen molar-refractivity contribution in [3.05, 3.63) is 65.7 Å². The van der Waals surface area contributed by atoms with Crippen molar-refractivity contribution in [2.45, 2.75) is 25.3 Å². The Kier molecular flexibility index (Phi) is 10.2. The van der Waals surface area contributed by atoms with Crippen LogP contribution in [-0.4, -0.2) is 81.5 Å². The molecule has 2 saturated heterocycles. The first-order valence-corrected chi connectivity index (χ1v) is 11.3. The van der Waals surface area contributed by atoms with Crippen LogP contribution in [0.5, 0.6) is 5.75 Å². The minimum atomic E-state index is 0. The van der Waals surface area contributed by atoms with E-state index in [0.29, 0.717) is 25.8 Å². The molecule has 0 radical (unpaired) electrons. The van der Waals surface area contributed by atoms with Crippen molar-refractivity contribution in [1.82, 2.24) is 15.1 Å². The zero-order valence-electron chi connectivity index (χ0n) is 19.5. The Balaban J connectivity index is 0.00000306. The van der Waals surface area contributed by atoms with Gasteiger partial charge in [0.05, 0.1) is 39.1 Å². The van der Waals surface area contributed by atoms with Crippen LogP contribution in [0.1, 0.15) is 11.1 Å². The number of hydrogen-bond acceptors (Lipinski definition) is 5. The molecule has 2 aliphatic heterocycles. The lowest BCUT2D eigenvalue weighted by molar-refractivity contribution is -0.0502. The van der Waals surface area contributed by atoms with E-state index in [1.807, 2.05) is 31.3 Å². The van der Waals surface area contributed by atoms with Gasteiger partial charge in [-0.25, -0.2) is 0 Å². The van der Waals surface area contributed by atoms with Crippen molar-refractivity contribution in [3.8, 4) is 5.75 Å². The Hall–Kier alpha value is -1.88. The van der Waals surface area contributed by atoms with E-state index in [0.717, 1.165) is 50.1 Å². The number of methoxy groups -OCH3 is 1. The monoisotopic (exact) mass is 566 g/mol. The van der Waals surface area contributed by atoms with E-state index in [1.54, 1.807) is 7.11 Å². The van der Waals surface area contributed by atoms with Crippen LogP contribution in [0.4, 0.5) is 0 Å². The molecule has 180 valence electrons. The number of nitrogens with zero attached hydrogens (tertiary/aromatic N) is 3. The highest BCUT2D eigenvalue weighted by Gasteiger charge is 2.41. The summed E-state index contributed by atoms with van der Waals surface area (Å²) in [6.07, 6.45) is 0.216. The van der Waals surface area contributed by atoms with E-state index in [9.17, 15) is 0 Å². The summed E-state index contributed by atoms with van der Waals surface area (Å²) in [5.41, 5.74) is 2.40. The molecule has 0 saturated carbocycles. The summed E-state index contributed by atoms with van der Waals surface area (Å²) in [6, 6.07) is 19.0. The number of hydrogen-bond donors (Lipinski definition) is 1. The molecule has 0 spiro atoms. The Morgan fingerprint density at radius 2 is 1.91 bits per heavy atom. The van der Waals surface area contributed by atoms with Crippen molar-refractivity contribution in [1.29, 1.82) is 0 Å². The molecule has 0 aromatic heterocycles. The van der Waals surface area contributed by atoms with Crippen LogP contribution in [0, 0.1) is 0 Å². The van der Waals surface area contributed by atoms with Gasteiger partial charge in [0.25, 0.3) is 0 Å². The molecular weight excluding hydrogens is 531 g/mol. The minimum absolute atomic E-state index is 0. The lowest BCUT2D eigenvalue weighted by atomic mass is 10.1. The van der Waals surface area contributed by atoms with Gasteiger partial charge in [0.2, 0.25) is 0 Å². The fourth-order valence-corrected chi connectivity index (χ4v) is 4.52. The van der Waals surface area contributed by atoms with Crippen LogP contribution < -0.4 is 10.1 Å². The predicted molar refractivity (Wildman–Crippen MR) is 141 cm³/mol. The second kappa shape index (κ2) is 13.1. The standard InChI is InChI=1S/C25H34N4O3.HI/c1-26-25(27-12-14-31-19-21-10-6-7-11-23(21)30-2)29-17-22-24(18-29)32-15-13-28(22)16-20-8-4-3-5-9-20;/h3-11,22,24H,12-19H2,1-2H3,(H,26,27);1H. The number of benzene rings is 2. The van der Waals surface area contributed by atoms with E-state index in [2.05, 4.69) is 50.4 Å². The molecular formula is C25H35IN4O3. The lowest BCUT2D eigenvalue weighted by Gasteiger charge is -2.36. The quantitative estimate of drug-likeness (QED) is 0.230. The van der Waals surface area contributed by atoms with E-state index in [4.69, 9.17) is 14.2 Å². The van der Waals surface area contributed by atoms with E-state index >= 15 is 0 Å². The van der Waals surface area contributed by atoms with Gasteiger partial charge in [-0.15, -0.1) is 24.0 Å². The van der Waals surface area contributed by atoms with Crippen molar-refractivity contribution in [2.24, 2.45) is 4.99 Å². The van der Waals surface area contributed by atoms with Gasteiger partial charge in [-0.2, -0.15) is 0 Å². The third-order valence-corrected chi connectivity index (χ3v) is 6.14. The van der Waals surface area contributed by atoms with Crippen LogP contribution in [-0.2, 0) is 22.6 Å².